The first-order valence-electron chi connectivity index (χ1n) is 11.1. The quantitative estimate of drug-likeness (QED) is 0.399. The summed E-state index contributed by atoms with van der Waals surface area (Å²) in [6.45, 7) is 4.22. The molecule has 0 bridgehead atoms. The van der Waals surface area contributed by atoms with Gasteiger partial charge in [0.1, 0.15) is 0 Å². The first-order chi connectivity index (χ1) is 14.3. The Kier molecular flexibility index (Phi) is 9.12. The molecule has 10 heteroatoms. The Morgan fingerprint density at radius 1 is 1.00 bits per heavy atom. The average molecular weight is 459 g/mol. The molecule has 0 aromatic rings. The number of nitrogens with zero attached hydrogens (tertiary/aromatic N) is 1. The largest absolute Gasteiger partial charge is 0.478 e. The summed E-state index contributed by atoms with van der Waals surface area (Å²) in [5.74, 6) is -2.10. The number of hydrogen-bond acceptors (Lipinski definition) is 5. The van der Waals surface area contributed by atoms with E-state index in [2.05, 4.69) is 16.0 Å². The molecule has 31 heavy (non-hydrogen) atoms. The highest BCUT2D eigenvalue weighted by molar-refractivity contribution is 5.92. The number of rotatable bonds is 8. The van der Waals surface area contributed by atoms with E-state index in [4.69, 9.17) is 0 Å². The molecule has 9 nitrogen and oxygen atoms in total. The highest BCUT2D eigenvalue weighted by Gasteiger charge is 2.42. The van der Waals surface area contributed by atoms with Gasteiger partial charge in [0.25, 0.3) is 0 Å². The Balaban J connectivity index is 0.00000341. The SMILES string of the molecule is C[C@](NC(=O)C1CC1)(NC(=O)[C@@H]1CCCN(C(=O)CCC2CCNCC2)C1)C(=O)O.Cl. The molecule has 1 saturated carbocycles. The van der Waals surface area contributed by atoms with Gasteiger partial charge in [0.05, 0.1) is 5.92 Å². The molecule has 3 fully saturated rings. The molecule has 0 spiro atoms. The molecule has 4 N–H and O–H groups in total. The number of carboxylic acids is 1. The van der Waals surface area contributed by atoms with Gasteiger partial charge < -0.3 is 26.0 Å². The first kappa shape index (κ1) is 25.4. The molecule has 2 aliphatic heterocycles. The summed E-state index contributed by atoms with van der Waals surface area (Å²) in [4.78, 5) is 50.9. The van der Waals surface area contributed by atoms with Crippen LogP contribution < -0.4 is 16.0 Å². The number of hydrogen-bond donors (Lipinski definition) is 4. The van der Waals surface area contributed by atoms with Crippen LogP contribution >= 0.6 is 12.4 Å². The Morgan fingerprint density at radius 2 is 1.61 bits per heavy atom. The molecule has 3 aliphatic rings. The van der Waals surface area contributed by atoms with Crippen LogP contribution in [0.3, 0.4) is 0 Å². The second-order valence-corrected chi connectivity index (χ2v) is 9.09. The molecule has 176 valence electrons. The summed E-state index contributed by atoms with van der Waals surface area (Å²) in [7, 11) is 0. The standard InChI is InChI=1S/C21H34N4O5.ClH/c1-21(20(29)30,23-18(27)15-5-6-15)24-19(28)16-3-2-12-25(13-16)17(26)7-4-14-8-10-22-11-9-14;/h14-16,22H,2-13H2,1H3,(H,23,27)(H,24,28)(H,29,30);1H/t16-,21+;/m1./s1. The summed E-state index contributed by atoms with van der Waals surface area (Å²) in [5, 5.41) is 17.9. The molecule has 3 amide bonds. The van der Waals surface area contributed by atoms with Gasteiger partial charge in [0.15, 0.2) is 0 Å². The molecule has 2 saturated heterocycles. The molecule has 1 aliphatic carbocycles. The lowest BCUT2D eigenvalue weighted by atomic mass is 9.92. The fraction of sp³-hybridized carbons (Fsp3) is 0.810. The van der Waals surface area contributed by atoms with E-state index < -0.39 is 23.5 Å². The van der Waals surface area contributed by atoms with Crippen molar-refractivity contribution in [1.82, 2.24) is 20.9 Å². The highest BCUT2D eigenvalue weighted by atomic mass is 35.5. The number of piperidine rings is 2. The molecule has 0 aromatic heterocycles. The van der Waals surface area contributed by atoms with Gasteiger partial charge in [-0.05, 0) is 70.9 Å². The van der Waals surface area contributed by atoms with Crippen LogP contribution in [0.15, 0.2) is 0 Å². The Morgan fingerprint density at radius 3 is 2.19 bits per heavy atom. The Hall–Kier alpha value is -1.87. The van der Waals surface area contributed by atoms with Gasteiger partial charge in [-0.25, -0.2) is 4.79 Å². The number of carboxylic acid groups (broad SMARTS) is 1. The minimum Gasteiger partial charge on any atom is -0.478 e. The van der Waals surface area contributed by atoms with Crippen molar-refractivity contribution in [2.24, 2.45) is 17.8 Å². The van der Waals surface area contributed by atoms with Crippen LogP contribution in [0.2, 0.25) is 0 Å². The summed E-state index contributed by atoms with van der Waals surface area (Å²) in [5.41, 5.74) is -1.85. The van der Waals surface area contributed by atoms with Crippen LogP contribution in [0.25, 0.3) is 0 Å². The number of likely N-dealkylation sites (tertiary alicyclic amines) is 1. The van der Waals surface area contributed by atoms with Crippen molar-refractivity contribution in [2.75, 3.05) is 26.2 Å². The van der Waals surface area contributed by atoms with E-state index in [1.807, 2.05) is 0 Å². The summed E-state index contributed by atoms with van der Waals surface area (Å²) in [6.07, 6.45) is 6.34. The van der Waals surface area contributed by atoms with Crippen molar-refractivity contribution < 1.29 is 24.3 Å². The third kappa shape index (κ3) is 7.07. The van der Waals surface area contributed by atoms with Gasteiger partial charge in [-0.3, -0.25) is 14.4 Å². The maximum atomic E-state index is 12.8. The van der Waals surface area contributed by atoms with Gasteiger partial charge in [-0.1, -0.05) is 0 Å². The van der Waals surface area contributed by atoms with Gasteiger partial charge in [-0.15, -0.1) is 12.4 Å². The van der Waals surface area contributed by atoms with E-state index in [-0.39, 0.29) is 30.1 Å². The molecular formula is C21H35ClN4O5. The topological polar surface area (TPSA) is 128 Å². The van der Waals surface area contributed by atoms with E-state index in [1.54, 1.807) is 4.90 Å². The summed E-state index contributed by atoms with van der Waals surface area (Å²) >= 11 is 0. The molecule has 0 unspecified atom stereocenters. The summed E-state index contributed by atoms with van der Waals surface area (Å²) in [6, 6.07) is 0. The molecule has 3 rings (SSSR count). The molecule has 2 heterocycles. The van der Waals surface area contributed by atoms with E-state index >= 15 is 0 Å². The fourth-order valence-electron chi connectivity index (χ4n) is 4.25. The molecule has 0 radical (unpaired) electrons. The Labute approximate surface area is 189 Å². The second kappa shape index (κ2) is 11.1. The number of carbonyl (C=O) groups excluding carboxylic acids is 3. The maximum Gasteiger partial charge on any atom is 0.350 e. The van der Waals surface area contributed by atoms with Gasteiger partial charge in [0, 0.05) is 25.4 Å². The average Bonchev–Trinajstić information content (AvgIpc) is 3.58. The molecule has 2 atom stereocenters. The lowest BCUT2D eigenvalue weighted by molar-refractivity contribution is -0.152. The van der Waals surface area contributed by atoms with Gasteiger partial charge in [0.2, 0.25) is 23.4 Å². The third-order valence-electron chi connectivity index (χ3n) is 6.49. The number of aliphatic carboxylic acids is 1. The van der Waals surface area contributed by atoms with Crippen molar-refractivity contribution >= 4 is 36.1 Å². The predicted molar refractivity (Wildman–Crippen MR) is 116 cm³/mol. The Bertz CT molecular complexity index is 681. The minimum absolute atomic E-state index is 0. The maximum absolute atomic E-state index is 12.8. The number of nitrogens with one attached hydrogen (secondary N) is 3. The zero-order chi connectivity index (χ0) is 21.7. The predicted octanol–water partition coefficient (Wildman–Crippen LogP) is 0.870. The highest BCUT2D eigenvalue weighted by Crippen LogP contribution is 2.29. The zero-order valence-corrected chi connectivity index (χ0v) is 19.0. The van der Waals surface area contributed by atoms with E-state index in [0.717, 1.165) is 45.2 Å². The van der Waals surface area contributed by atoms with E-state index in [0.29, 0.717) is 38.3 Å². The van der Waals surface area contributed by atoms with Crippen molar-refractivity contribution in [2.45, 2.75) is 64.0 Å². The minimum atomic E-state index is -1.85. The lowest BCUT2D eigenvalue weighted by Gasteiger charge is -2.35. The second-order valence-electron chi connectivity index (χ2n) is 9.09. The van der Waals surface area contributed by atoms with E-state index in [9.17, 15) is 24.3 Å². The van der Waals surface area contributed by atoms with Crippen molar-refractivity contribution in [1.29, 1.82) is 0 Å². The lowest BCUT2D eigenvalue weighted by Crippen LogP contribution is -2.65. The van der Waals surface area contributed by atoms with Crippen LogP contribution in [0, 0.1) is 17.8 Å². The summed E-state index contributed by atoms with van der Waals surface area (Å²) < 4.78 is 0. The van der Waals surface area contributed by atoms with Crippen molar-refractivity contribution in [3.05, 3.63) is 0 Å². The fourth-order valence-corrected chi connectivity index (χ4v) is 4.25. The third-order valence-corrected chi connectivity index (χ3v) is 6.49. The van der Waals surface area contributed by atoms with E-state index in [1.165, 1.54) is 6.92 Å². The van der Waals surface area contributed by atoms with Crippen molar-refractivity contribution in [3.8, 4) is 0 Å². The van der Waals surface area contributed by atoms with Crippen molar-refractivity contribution in [3.63, 3.8) is 0 Å². The normalized spacial score (nSPS) is 23.8. The van der Waals surface area contributed by atoms with Crippen LogP contribution in [0.1, 0.15) is 58.3 Å². The van der Waals surface area contributed by atoms with Crippen LogP contribution in [-0.2, 0) is 19.2 Å². The zero-order valence-electron chi connectivity index (χ0n) is 18.2. The van der Waals surface area contributed by atoms with Crippen LogP contribution in [0.5, 0.6) is 0 Å². The van der Waals surface area contributed by atoms with Crippen LogP contribution in [0.4, 0.5) is 0 Å². The van der Waals surface area contributed by atoms with Gasteiger partial charge in [-0.2, -0.15) is 0 Å². The smallest absolute Gasteiger partial charge is 0.350 e. The molecular weight excluding hydrogens is 424 g/mol. The van der Waals surface area contributed by atoms with Crippen LogP contribution in [-0.4, -0.2) is 65.5 Å². The monoisotopic (exact) mass is 458 g/mol. The number of carbonyl (C=O) groups is 4. The first-order valence-corrected chi connectivity index (χ1v) is 11.1. The number of amides is 3. The number of halogens is 1. The molecule has 0 aromatic carbocycles. The van der Waals surface area contributed by atoms with Gasteiger partial charge >= 0.3 is 5.97 Å².